The Morgan fingerprint density at radius 3 is 3.17 bits per heavy atom. The number of rotatable bonds is 1. The Morgan fingerprint density at radius 2 is 2.50 bits per heavy atom. The highest BCUT2D eigenvalue weighted by molar-refractivity contribution is 4.98. The lowest BCUT2D eigenvalue weighted by molar-refractivity contribution is 0.130. The molecule has 0 radical (unpaired) electrons. The summed E-state index contributed by atoms with van der Waals surface area (Å²) in [5, 5.41) is 13.6. The van der Waals surface area contributed by atoms with Crippen LogP contribution < -0.4 is 5.73 Å². The molecule has 0 fully saturated rings. The van der Waals surface area contributed by atoms with Gasteiger partial charge in [0.1, 0.15) is 6.10 Å². The fraction of sp³-hybridized carbons (Fsp3) is 0.714. The average Bonchev–Trinajstić information content (AvgIpc) is 2.49. The molecule has 66 valence electrons. The van der Waals surface area contributed by atoms with Crippen LogP contribution in [0, 0.1) is 0 Å². The molecule has 3 N–H and O–H groups in total. The van der Waals surface area contributed by atoms with Crippen molar-refractivity contribution in [2.45, 2.75) is 32.0 Å². The van der Waals surface area contributed by atoms with E-state index in [1.54, 1.807) is 4.68 Å². The van der Waals surface area contributed by atoms with Gasteiger partial charge in [0.15, 0.2) is 11.6 Å². The molecule has 0 saturated heterocycles. The molecule has 0 amide bonds. The largest absolute Gasteiger partial charge is 0.385 e. The number of hydrogen-bond donors (Lipinski definition) is 2. The van der Waals surface area contributed by atoms with Gasteiger partial charge in [0, 0.05) is 6.54 Å². The lowest BCUT2D eigenvalue weighted by Crippen LogP contribution is -2.16. The summed E-state index contributed by atoms with van der Waals surface area (Å²) in [6.07, 6.45) is 1.29. The minimum absolute atomic E-state index is 0.340. The van der Waals surface area contributed by atoms with E-state index in [-0.39, 0.29) is 0 Å². The van der Waals surface area contributed by atoms with E-state index in [1.165, 1.54) is 0 Å². The highest BCUT2D eigenvalue weighted by Gasteiger charge is 2.21. The van der Waals surface area contributed by atoms with E-state index < -0.39 is 6.10 Å². The van der Waals surface area contributed by atoms with E-state index in [4.69, 9.17) is 5.73 Å². The number of fused-ring (bicyclic) bond motifs is 1. The minimum Gasteiger partial charge on any atom is -0.385 e. The predicted octanol–water partition coefficient (Wildman–Crippen LogP) is -0.436. The number of aryl methyl sites for hydroxylation is 1. The van der Waals surface area contributed by atoms with E-state index in [2.05, 4.69) is 10.1 Å². The van der Waals surface area contributed by atoms with Crippen molar-refractivity contribution in [1.82, 2.24) is 14.8 Å². The Morgan fingerprint density at radius 1 is 1.67 bits per heavy atom. The van der Waals surface area contributed by atoms with Crippen molar-refractivity contribution in [2.75, 3.05) is 0 Å². The Hall–Kier alpha value is -0.940. The number of aliphatic hydroxyl groups is 1. The van der Waals surface area contributed by atoms with Crippen LogP contribution in [-0.4, -0.2) is 19.9 Å². The molecular formula is C7H12N4O. The topological polar surface area (TPSA) is 77.0 Å². The van der Waals surface area contributed by atoms with Crippen molar-refractivity contribution in [3.8, 4) is 0 Å². The van der Waals surface area contributed by atoms with Gasteiger partial charge in [0.05, 0.1) is 6.54 Å². The molecule has 0 aromatic carbocycles. The van der Waals surface area contributed by atoms with Gasteiger partial charge in [-0.1, -0.05) is 0 Å². The summed E-state index contributed by atoms with van der Waals surface area (Å²) < 4.78 is 1.75. The lowest BCUT2D eigenvalue weighted by Gasteiger charge is -2.16. The van der Waals surface area contributed by atoms with E-state index in [0.717, 1.165) is 19.4 Å². The van der Waals surface area contributed by atoms with Crippen molar-refractivity contribution in [2.24, 2.45) is 5.73 Å². The average molecular weight is 168 g/mol. The number of nitrogens with zero attached hydrogens (tertiary/aromatic N) is 3. The first-order valence-corrected chi connectivity index (χ1v) is 4.13. The van der Waals surface area contributed by atoms with Crippen LogP contribution in [0.1, 0.15) is 30.6 Å². The smallest absolute Gasteiger partial charge is 0.164 e. The third kappa shape index (κ3) is 1.11. The van der Waals surface area contributed by atoms with Gasteiger partial charge in [-0.15, -0.1) is 0 Å². The fourth-order valence-corrected chi connectivity index (χ4v) is 1.46. The summed E-state index contributed by atoms with van der Waals surface area (Å²) in [6, 6.07) is 0. The summed E-state index contributed by atoms with van der Waals surface area (Å²) in [7, 11) is 0. The molecule has 5 heteroatoms. The Balaban J connectivity index is 2.37. The van der Waals surface area contributed by atoms with Gasteiger partial charge in [0.2, 0.25) is 0 Å². The predicted molar refractivity (Wildman–Crippen MR) is 42.1 cm³/mol. The van der Waals surface area contributed by atoms with E-state index in [9.17, 15) is 5.11 Å². The molecule has 1 unspecified atom stereocenters. The van der Waals surface area contributed by atoms with Gasteiger partial charge in [0.25, 0.3) is 0 Å². The molecule has 1 aliphatic rings. The molecule has 1 atom stereocenters. The quantitative estimate of drug-likeness (QED) is 0.596. The van der Waals surface area contributed by atoms with Crippen molar-refractivity contribution >= 4 is 0 Å². The molecule has 12 heavy (non-hydrogen) atoms. The molecule has 1 aromatic heterocycles. The van der Waals surface area contributed by atoms with Crippen LogP contribution in [0.25, 0.3) is 0 Å². The zero-order valence-corrected chi connectivity index (χ0v) is 6.77. The van der Waals surface area contributed by atoms with Crippen molar-refractivity contribution in [3.63, 3.8) is 0 Å². The van der Waals surface area contributed by atoms with E-state index >= 15 is 0 Å². The zero-order valence-electron chi connectivity index (χ0n) is 6.77. The molecule has 0 bridgehead atoms. The molecule has 1 aliphatic heterocycles. The lowest BCUT2D eigenvalue weighted by atomic mass is 10.1. The normalized spacial score (nSPS) is 22.3. The Bertz CT molecular complexity index is 283. The van der Waals surface area contributed by atoms with E-state index in [1.807, 2.05) is 0 Å². The highest BCUT2D eigenvalue weighted by Crippen LogP contribution is 2.21. The Kier molecular flexibility index (Phi) is 1.82. The van der Waals surface area contributed by atoms with Crippen LogP contribution in [0.3, 0.4) is 0 Å². The first-order chi connectivity index (χ1) is 5.81. The van der Waals surface area contributed by atoms with Crippen LogP contribution in [0.4, 0.5) is 0 Å². The number of nitrogens with two attached hydrogens (primary N) is 1. The fourth-order valence-electron chi connectivity index (χ4n) is 1.46. The molecule has 1 aromatic rings. The maximum Gasteiger partial charge on any atom is 0.164 e. The number of hydrogen-bond acceptors (Lipinski definition) is 4. The molecular weight excluding hydrogens is 156 g/mol. The molecule has 0 spiro atoms. The maximum atomic E-state index is 9.51. The van der Waals surface area contributed by atoms with Gasteiger partial charge in [-0.2, -0.15) is 5.10 Å². The molecule has 0 aliphatic carbocycles. The maximum absolute atomic E-state index is 9.51. The summed E-state index contributed by atoms with van der Waals surface area (Å²) in [5.41, 5.74) is 5.39. The molecule has 5 nitrogen and oxygen atoms in total. The SMILES string of the molecule is NCc1nc2n(n1)CCCC2O. The standard InChI is InChI=1S/C7H12N4O/c8-4-6-9-7-5(12)2-1-3-11(7)10-6/h5,12H,1-4,8H2. The monoisotopic (exact) mass is 168 g/mol. The van der Waals surface area contributed by atoms with Gasteiger partial charge < -0.3 is 10.8 Å². The third-order valence-electron chi connectivity index (χ3n) is 2.07. The molecule has 2 rings (SSSR count). The summed E-state index contributed by atoms with van der Waals surface area (Å²) in [4.78, 5) is 4.13. The van der Waals surface area contributed by atoms with Crippen LogP contribution in [-0.2, 0) is 13.1 Å². The number of aromatic nitrogens is 3. The van der Waals surface area contributed by atoms with Crippen LogP contribution >= 0.6 is 0 Å². The zero-order chi connectivity index (χ0) is 8.55. The van der Waals surface area contributed by atoms with Gasteiger partial charge in [-0.3, -0.25) is 0 Å². The first-order valence-electron chi connectivity index (χ1n) is 4.13. The summed E-state index contributed by atoms with van der Waals surface area (Å²) >= 11 is 0. The third-order valence-corrected chi connectivity index (χ3v) is 2.07. The van der Waals surface area contributed by atoms with Crippen LogP contribution in [0.2, 0.25) is 0 Å². The van der Waals surface area contributed by atoms with E-state index in [0.29, 0.717) is 18.2 Å². The summed E-state index contributed by atoms with van der Waals surface area (Å²) in [6.45, 7) is 1.19. The van der Waals surface area contributed by atoms with Crippen molar-refractivity contribution < 1.29 is 5.11 Å². The van der Waals surface area contributed by atoms with Gasteiger partial charge in [-0.25, -0.2) is 9.67 Å². The number of aliphatic hydroxyl groups excluding tert-OH is 1. The highest BCUT2D eigenvalue weighted by atomic mass is 16.3. The van der Waals surface area contributed by atoms with Crippen molar-refractivity contribution in [1.29, 1.82) is 0 Å². The molecule has 2 heterocycles. The second-order valence-electron chi connectivity index (χ2n) is 2.97. The van der Waals surface area contributed by atoms with Gasteiger partial charge in [-0.05, 0) is 12.8 Å². The van der Waals surface area contributed by atoms with Crippen molar-refractivity contribution in [3.05, 3.63) is 11.6 Å². The second-order valence-corrected chi connectivity index (χ2v) is 2.97. The summed E-state index contributed by atoms with van der Waals surface area (Å²) in [5.74, 6) is 1.28. The molecule has 0 saturated carbocycles. The van der Waals surface area contributed by atoms with Gasteiger partial charge >= 0.3 is 0 Å². The first kappa shape index (κ1) is 7.70. The second kappa shape index (κ2) is 2.84. The van der Waals surface area contributed by atoms with Crippen LogP contribution in [0.5, 0.6) is 0 Å². The Labute approximate surface area is 70.2 Å². The minimum atomic E-state index is -0.452. The van der Waals surface area contributed by atoms with Crippen LogP contribution in [0.15, 0.2) is 0 Å².